The molecule has 0 aliphatic carbocycles. The zero-order valence-corrected chi connectivity index (χ0v) is 12.6. The molecule has 7 heteroatoms. The Bertz CT molecular complexity index is 750. The molecule has 3 N–H and O–H groups in total. The number of sulfonamides is 1. The minimum Gasteiger partial charge on any atom is -0.309 e. The van der Waals surface area contributed by atoms with Gasteiger partial charge in [-0.25, -0.2) is 17.9 Å². The highest BCUT2D eigenvalue weighted by Gasteiger charge is 2.07. The van der Waals surface area contributed by atoms with Crippen molar-refractivity contribution in [2.24, 2.45) is 5.14 Å². The molecule has 0 bridgehead atoms. The van der Waals surface area contributed by atoms with E-state index in [4.69, 9.17) is 16.7 Å². The number of nitrogens with two attached hydrogens (primary N) is 1. The number of halogens is 2. The molecule has 0 atom stereocenters. The Labute approximate surface area is 127 Å². The fourth-order valence-electron chi connectivity index (χ4n) is 1.83. The fraction of sp³-hybridized carbons (Fsp3) is 0.143. The smallest absolute Gasteiger partial charge is 0.238 e. The average Bonchev–Trinajstić information content (AvgIpc) is 2.42. The first kappa shape index (κ1) is 15.9. The van der Waals surface area contributed by atoms with Crippen molar-refractivity contribution >= 4 is 21.6 Å². The number of benzene rings is 2. The molecule has 2 rings (SSSR count). The molecule has 21 heavy (non-hydrogen) atoms. The molecule has 2 aromatic rings. The topological polar surface area (TPSA) is 72.2 Å². The van der Waals surface area contributed by atoms with Gasteiger partial charge in [-0.1, -0.05) is 29.8 Å². The van der Waals surface area contributed by atoms with E-state index in [2.05, 4.69) is 5.32 Å². The van der Waals surface area contributed by atoms with E-state index < -0.39 is 15.8 Å². The van der Waals surface area contributed by atoms with Gasteiger partial charge >= 0.3 is 0 Å². The van der Waals surface area contributed by atoms with E-state index in [0.29, 0.717) is 13.1 Å². The third kappa shape index (κ3) is 4.50. The third-order valence-electron chi connectivity index (χ3n) is 2.87. The van der Waals surface area contributed by atoms with E-state index in [0.717, 1.165) is 11.1 Å². The normalized spacial score (nSPS) is 11.6. The predicted molar refractivity (Wildman–Crippen MR) is 79.8 cm³/mol. The Morgan fingerprint density at radius 3 is 2.38 bits per heavy atom. The number of hydrogen-bond donors (Lipinski definition) is 2. The van der Waals surface area contributed by atoms with Crippen LogP contribution in [0, 0.1) is 5.82 Å². The lowest BCUT2D eigenvalue weighted by molar-refractivity contribution is 0.597. The van der Waals surface area contributed by atoms with Crippen LogP contribution < -0.4 is 10.5 Å². The number of nitrogens with one attached hydrogen (secondary N) is 1. The SMILES string of the molecule is NS(=O)(=O)c1cccc(CNCc2ccc(F)c(Cl)c2)c1. The molecular formula is C14H14ClFN2O2S. The Hall–Kier alpha value is -1.47. The van der Waals surface area contributed by atoms with Crippen LogP contribution in [0.3, 0.4) is 0 Å². The summed E-state index contributed by atoms with van der Waals surface area (Å²) in [5, 5.41) is 8.28. The van der Waals surface area contributed by atoms with Crippen LogP contribution in [-0.2, 0) is 23.1 Å². The highest BCUT2D eigenvalue weighted by Crippen LogP contribution is 2.16. The van der Waals surface area contributed by atoms with Crippen molar-refractivity contribution in [1.29, 1.82) is 0 Å². The molecule has 0 radical (unpaired) electrons. The van der Waals surface area contributed by atoms with Crippen molar-refractivity contribution < 1.29 is 12.8 Å². The lowest BCUT2D eigenvalue weighted by Gasteiger charge is -2.07. The van der Waals surface area contributed by atoms with Crippen LogP contribution in [0.15, 0.2) is 47.4 Å². The van der Waals surface area contributed by atoms with Gasteiger partial charge in [0.2, 0.25) is 10.0 Å². The molecule has 0 aromatic heterocycles. The Morgan fingerprint density at radius 1 is 1.10 bits per heavy atom. The monoisotopic (exact) mass is 328 g/mol. The Morgan fingerprint density at radius 2 is 1.76 bits per heavy atom. The summed E-state index contributed by atoms with van der Waals surface area (Å²) >= 11 is 5.70. The summed E-state index contributed by atoms with van der Waals surface area (Å²) < 4.78 is 35.5. The van der Waals surface area contributed by atoms with Crippen LogP contribution in [0.4, 0.5) is 4.39 Å². The summed E-state index contributed by atoms with van der Waals surface area (Å²) in [6, 6.07) is 10.9. The minimum atomic E-state index is -3.70. The molecule has 0 aliphatic rings. The van der Waals surface area contributed by atoms with Crippen molar-refractivity contribution in [3.63, 3.8) is 0 Å². The quantitative estimate of drug-likeness (QED) is 0.885. The second-order valence-corrected chi connectivity index (χ2v) is 6.51. The number of hydrogen-bond acceptors (Lipinski definition) is 3. The molecule has 2 aromatic carbocycles. The maximum absolute atomic E-state index is 13.0. The minimum absolute atomic E-state index is 0.0746. The molecule has 0 saturated heterocycles. The van der Waals surface area contributed by atoms with Gasteiger partial charge in [-0.2, -0.15) is 0 Å². The van der Waals surface area contributed by atoms with Gasteiger partial charge < -0.3 is 5.32 Å². The fourth-order valence-corrected chi connectivity index (χ4v) is 2.62. The molecular weight excluding hydrogens is 315 g/mol. The summed E-state index contributed by atoms with van der Waals surface area (Å²) in [5.74, 6) is -0.457. The van der Waals surface area contributed by atoms with Gasteiger partial charge in [0, 0.05) is 13.1 Å². The van der Waals surface area contributed by atoms with Gasteiger partial charge in [0.1, 0.15) is 5.82 Å². The average molecular weight is 329 g/mol. The second-order valence-electron chi connectivity index (χ2n) is 4.54. The zero-order chi connectivity index (χ0) is 15.5. The standard InChI is InChI=1S/C14H14ClFN2O2S/c15-13-7-11(4-5-14(13)16)9-18-8-10-2-1-3-12(6-10)21(17,19)20/h1-7,18H,8-9H2,(H2,17,19,20). The first-order valence-electron chi connectivity index (χ1n) is 6.12. The van der Waals surface area contributed by atoms with Gasteiger partial charge in [-0.15, -0.1) is 0 Å². The maximum atomic E-state index is 13.0. The van der Waals surface area contributed by atoms with Crippen LogP contribution in [-0.4, -0.2) is 8.42 Å². The van der Waals surface area contributed by atoms with Crippen LogP contribution in [0.25, 0.3) is 0 Å². The van der Waals surface area contributed by atoms with Crippen molar-refractivity contribution in [3.05, 3.63) is 64.4 Å². The highest BCUT2D eigenvalue weighted by atomic mass is 35.5. The summed E-state index contributed by atoms with van der Waals surface area (Å²) in [5.41, 5.74) is 1.62. The summed E-state index contributed by atoms with van der Waals surface area (Å²) in [7, 11) is -3.70. The van der Waals surface area contributed by atoms with Crippen LogP contribution in [0.1, 0.15) is 11.1 Å². The maximum Gasteiger partial charge on any atom is 0.238 e. The van der Waals surface area contributed by atoms with Gasteiger partial charge in [0.15, 0.2) is 0 Å². The van der Waals surface area contributed by atoms with Gasteiger partial charge in [-0.05, 0) is 35.4 Å². The zero-order valence-electron chi connectivity index (χ0n) is 11.0. The molecule has 0 amide bonds. The molecule has 0 unspecified atom stereocenters. The molecule has 0 fully saturated rings. The molecule has 0 heterocycles. The van der Waals surface area contributed by atoms with Crippen LogP contribution >= 0.6 is 11.6 Å². The molecule has 4 nitrogen and oxygen atoms in total. The van der Waals surface area contributed by atoms with E-state index in [-0.39, 0.29) is 9.92 Å². The largest absolute Gasteiger partial charge is 0.309 e. The van der Waals surface area contributed by atoms with Gasteiger partial charge in [-0.3, -0.25) is 0 Å². The van der Waals surface area contributed by atoms with Crippen molar-refractivity contribution in [2.75, 3.05) is 0 Å². The summed E-state index contributed by atoms with van der Waals surface area (Å²) in [6.45, 7) is 0.942. The third-order valence-corrected chi connectivity index (χ3v) is 4.07. The van der Waals surface area contributed by atoms with E-state index in [1.54, 1.807) is 24.3 Å². The Balaban J connectivity index is 1.99. The van der Waals surface area contributed by atoms with Crippen molar-refractivity contribution in [1.82, 2.24) is 5.32 Å². The molecule has 0 saturated carbocycles. The van der Waals surface area contributed by atoms with Crippen molar-refractivity contribution in [2.45, 2.75) is 18.0 Å². The van der Waals surface area contributed by atoms with Gasteiger partial charge in [0.05, 0.1) is 9.92 Å². The lowest BCUT2D eigenvalue weighted by atomic mass is 10.2. The lowest BCUT2D eigenvalue weighted by Crippen LogP contribution is -2.15. The van der Waals surface area contributed by atoms with Crippen LogP contribution in [0.2, 0.25) is 5.02 Å². The second kappa shape index (κ2) is 6.53. The predicted octanol–water partition coefficient (Wildman–Crippen LogP) is 2.42. The van der Waals surface area contributed by atoms with E-state index in [1.165, 1.54) is 18.2 Å². The van der Waals surface area contributed by atoms with E-state index in [1.807, 2.05) is 0 Å². The van der Waals surface area contributed by atoms with E-state index in [9.17, 15) is 12.8 Å². The number of primary sulfonamides is 1. The first-order chi connectivity index (χ1) is 9.86. The Kier molecular flexibility index (Phi) is 4.95. The van der Waals surface area contributed by atoms with Crippen LogP contribution in [0.5, 0.6) is 0 Å². The number of rotatable bonds is 5. The molecule has 0 spiro atoms. The van der Waals surface area contributed by atoms with E-state index >= 15 is 0 Å². The first-order valence-corrected chi connectivity index (χ1v) is 8.05. The highest BCUT2D eigenvalue weighted by molar-refractivity contribution is 7.89. The van der Waals surface area contributed by atoms with Gasteiger partial charge in [0.25, 0.3) is 0 Å². The molecule has 112 valence electrons. The molecule has 0 aliphatic heterocycles. The summed E-state index contributed by atoms with van der Waals surface area (Å²) in [6.07, 6.45) is 0. The summed E-state index contributed by atoms with van der Waals surface area (Å²) in [4.78, 5) is 0.0756. The van der Waals surface area contributed by atoms with Crippen molar-refractivity contribution in [3.8, 4) is 0 Å².